The van der Waals surface area contributed by atoms with Crippen molar-refractivity contribution in [3.8, 4) is 22.5 Å². The molecule has 13 aromatic rings. The highest BCUT2D eigenvalue weighted by Crippen LogP contribution is 2.45. The Balaban J connectivity index is 0.924. The van der Waals surface area contributed by atoms with Crippen LogP contribution < -0.4 is 9.80 Å². The van der Waals surface area contributed by atoms with E-state index < -0.39 is 0 Å². The quantitative estimate of drug-likeness (QED) is 0.143. The van der Waals surface area contributed by atoms with Gasteiger partial charge in [0.05, 0.1) is 27.8 Å². The molecule has 332 valence electrons. The Morgan fingerprint density at radius 3 is 1.17 bits per heavy atom. The van der Waals surface area contributed by atoms with Crippen LogP contribution >= 0.6 is 0 Å². The van der Waals surface area contributed by atoms with Crippen LogP contribution in [-0.4, -0.2) is 9.13 Å². The summed E-state index contributed by atoms with van der Waals surface area (Å²) in [6.07, 6.45) is 0. The molecule has 2 aromatic heterocycles. The van der Waals surface area contributed by atoms with Crippen molar-refractivity contribution in [1.82, 2.24) is 9.13 Å². The third kappa shape index (κ3) is 6.88. The number of hydrogen-bond donors (Lipinski definition) is 0. The molecular formula is C64H42F2N4. The van der Waals surface area contributed by atoms with E-state index >= 15 is 0 Å². The van der Waals surface area contributed by atoms with Crippen LogP contribution in [0.5, 0.6) is 0 Å². The molecule has 0 aliphatic carbocycles. The van der Waals surface area contributed by atoms with E-state index in [0.717, 1.165) is 111 Å². The number of para-hydroxylation sites is 4. The predicted molar refractivity (Wildman–Crippen MR) is 287 cm³/mol. The molecule has 0 spiro atoms. The maximum Gasteiger partial charge on any atom is 0.123 e. The first-order chi connectivity index (χ1) is 34.6. The van der Waals surface area contributed by atoms with Crippen molar-refractivity contribution in [2.75, 3.05) is 9.80 Å². The van der Waals surface area contributed by atoms with Gasteiger partial charge in [0.15, 0.2) is 0 Å². The van der Waals surface area contributed by atoms with Gasteiger partial charge in [0, 0.05) is 66.7 Å². The monoisotopic (exact) mass is 904 g/mol. The van der Waals surface area contributed by atoms with Gasteiger partial charge in [0.25, 0.3) is 0 Å². The summed E-state index contributed by atoms with van der Waals surface area (Å²) in [6.45, 7) is 0. The van der Waals surface area contributed by atoms with Crippen LogP contribution in [0.15, 0.2) is 255 Å². The van der Waals surface area contributed by atoms with Crippen LogP contribution in [0, 0.1) is 11.6 Å². The first kappa shape index (κ1) is 41.0. The van der Waals surface area contributed by atoms with Gasteiger partial charge in [-0.15, -0.1) is 0 Å². The van der Waals surface area contributed by atoms with Crippen molar-refractivity contribution in [2.45, 2.75) is 0 Å². The number of nitrogens with zero attached hydrogens (tertiary/aromatic N) is 4. The second-order valence-corrected chi connectivity index (χ2v) is 17.6. The van der Waals surface area contributed by atoms with Crippen LogP contribution in [-0.2, 0) is 0 Å². The molecule has 0 bridgehead atoms. The highest BCUT2D eigenvalue weighted by molar-refractivity contribution is 6.13. The zero-order chi connectivity index (χ0) is 46.7. The van der Waals surface area contributed by atoms with E-state index in [1.807, 2.05) is 36.4 Å². The number of anilines is 6. The van der Waals surface area contributed by atoms with Gasteiger partial charge in [-0.25, -0.2) is 8.78 Å². The molecule has 0 aliphatic rings. The first-order valence-corrected chi connectivity index (χ1v) is 23.5. The number of rotatable bonds is 9. The van der Waals surface area contributed by atoms with Gasteiger partial charge in [-0.1, -0.05) is 115 Å². The average molecular weight is 905 g/mol. The molecule has 11 aromatic carbocycles. The van der Waals surface area contributed by atoms with Gasteiger partial charge < -0.3 is 18.9 Å². The molecule has 70 heavy (non-hydrogen) atoms. The Kier molecular flexibility index (Phi) is 9.84. The van der Waals surface area contributed by atoms with E-state index in [4.69, 9.17) is 0 Å². The lowest BCUT2D eigenvalue weighted by Crippen LogP contribution is -2.11. The van der Waals surface area contributed by atoms with Gasteiger partial charge in [-0.3, -0.25) is 0 Å². The van der Waals surface area contributed by atoms with Crippen LogP contribution in [0.25, 0.3) is 76.9 Å². The summed E-state index contributed by atoms with van der Waals surface area (Å²) in [6, 6.07) is 86.1. The van der Waals surface area contributed by atoms with Crippen molar-refractivity contribution in [2.24, 2.45) is 0 Å². The molecule has 0 unspecified atom stereocenters. The largest absolute Gasteiger partial charge is 0.310 e. The second kappa shape index (κ2) is 16.8. The Bertz CT molecular complexity index is 4070. The minimum atomic E-state index is -0.289. The molecular weight excluding hydrogens is 863 g/mol. The smallest absolute Gasteiger partial charge is 0.123 e. The second-order valence-electron chi connectivity index (χ2n) is 17.6. The highest BCUT2D eigenvalue weighted by atomic mass is 19.1. The summed E-state index contributed by atoms with van der Waals surface area (Å²) in [5.41, 5.74) is 14.3. The SMILES string of the molecule is Fc1ccc(N(c2ccc(-c3ccc(N(c4ccc(F)cc4)c4ccc5c(c4)c4ccccc4n5-c4ccccc4)c4ccccc34)cc2)c2ccc3c(c2)c2ccccc2n3-c2ccccc2)cc1. The van der Waals surface area contributed by atoms with E-state index in [-0.39, 0.29) is 11.6 Å². The van der Waals surface area contributed by atoms with E-state index in [0.29, 0.717) is 0 Å². The van der Waals surface area contributed by atoms with Crippen molar-refractivity contribution in [3.05, 3.63) is 266 Å². The van der Waals surface area contributed by atoms with Crippen LogP contribution in [0.1, 0.15) is 0 Å². The summed E-state index contributed by atoms with van der Waals surface area (Å²) >= 11 is 0. The van der Waals surface area contributed by atoms with Gasteiger partial charge in [-0.05, 0) is 156 Å². The van der Waals surface area contributed by atoms with Gasteiger partial charge >= 0.3 is 0 Å². The van der Waals surface area contributed by atoms with Crippen molar-refractivity contribution < 1.29 is 8.78 Å². The molecule has 0 fully saturated rings. The molecule has 0 amide bonds. The fourth-order valence-corrected chi connectivity index (χ4v) is 10.5. The number of halogens is 2. The predicted octanol–water partition coefficient (Wildman–Crippen LogP) is 17.9. The lowest BCUT2D eigenvalue weighted by atomic mass is 9.96. The normalized spacial score (nSPS) is 11.6. The van der Waals surface area contributed by atoms with Crippen LogP contribution in [0.3, 0.4) is 0 Å². The molecule has 0 saturated heterocycles. The molecule has 2 heterocycles. The molecule has 4 nitrogen and oxygen atoms in total. The summed E-state index contributed by atoms with van der Waals surface area (Å²) in [4.78, 5) is 4.42. The number of hydrogen-bond acceptors (Lipinski definition) is 2. The summed E-state index contributed by atoms with van der Waals surface area (Å²) in [5, 5.41) is 6.69. The summed E-state index contributed by atoms with van der Waals surface area (Å²) < 4.78 is 33.7. The highest BCUT2D eigenvalue weighted by Gasteiger charge is 2.22. The van der Waals surface area contributed by atoms with Gasteiger partial charge in [0.1, 0.15) is 11.6 Å². The molecule has 0 saturated carbocycles. The number of aromatic nitrogens is 2. The Labute approximate surface area is 403 Å². The fourth-order valence-electron chi connectivity index (χ4n) is 10.5. The third-order valence-corrected chi connectivity index (χ3v) is 13.6. The molecule has 6 heteroatoms. The fraction of sp³-hybridized carbons (Fsp3) is 0. The van der Waals surface area contributed by atoms with E-state index in [1.54, 1.807) is 0 Å². The average Bonchev–Trinajstić information content (AvgIpc) is 3.93. The molecule has 0 aliphatic heterocycles. The third-order valence-electron chi connectivity index (χ3n) is 13.6. The van der Waals surface area contributed by atoms with E-state index in [1.165, 1.54) is 24.3 Å². The Morgan fingerprint density at radius 2 is 0.657 bits per heavy atom. The van der Waals surface area contributed by atoms with E-state index in [2.05, 4.69) is 213 Å². The number of benzene rings is 11. The Hall–Kier alpha value is -9.26. The van der Waals surface area contributed by atoms with Crippen molar-refractivity contribution >= 4 is 88.5 Å². The molecule has 0 N–H and O–H groups in total. The molecule has 13 rings (SSSR count). The van der Waals surface area contributed by atoms with Crippen molar-refractivity contribution in [1.29, 1.82) is 0 Å². The minimum absolute atomic E-state index is 0.287. The lowest BCUT2D eigenvalue weighted by molar-refractivity contribution is 0.627. The molecule has 0 atom stereocenters. The maximum absolute atomic E-state index is 14.6. The zero-order valence-corrected chi connectivity index (χ0v) is 37.8. The van der Waals surface area contributed by atoms with Crippen LogP contribution in [0.2, 0.25) is 0 Å². The zero-order valence-electron chi connectivity index (χ0n) is 37.8. The number of fused-ring (bicyclic) bond motifs is 7. The topological polar surface area (TPSA) is 16.3 Å². The lowest BCUT2D eigenvalue weighted by Gasteiger charge is -2.28. The first-order valence-electron chi connectivity index (χ1n) is 23.5. The summed E-state index contributed by atoms with van der Waals surface area (Å²) in [5.74, 6) is -0.576. The Morgan fingerprint density at radius 1 is 0.271 bits per heavy atom. The minimum Gasteiger partial charge on any atom is -0.310 e. The van der Waals surface area contributed by atoms with Crippen molar-refractivity contribution in [3.63, 3.8) is 0 Å². The maximum atomic E-state index is 14.6. The standard InChI is InChI=1S/C64H42F2N4/c65-44-25-31-49(32-26-44)67(51-35-38-63-58(41-51)56-19-9-11-21-60(56)69(63)46-13-3-1-4-14-46)48-29-23-43(24-30-48)53-37-40-62(55-18-8-7-17-54(53)55)68(50-33-27-45(66)28-34-50)52-36-39-64-59(42-52)57-20-10-12-22-61(57)70(64)47-15-5-2-6-16-47/h1-42H. The summed E-state index contributed by atoms with van der Waals surface area (Å²) in [7, 11) is 0. The van der Waals surface area contributed by atoms with Gasteiger partial charge in [0.2, 0.25) is 0 Å². The van der Waals surface area contributed by atoms with Crippen LogP contribution in [0.4, 0.5) is 42.9 Å². The molecule has 0 radical (unpaired) electrons. The van der Waals surface area contributed by atoms with Gasteiger partial charge in [-0.2, -0.15) is 0 Å². The van der Waals surface area contributed by atoms with E-state index in [9.17, 15) is 8.78 Å².